The van der Waals surface area contributed by atoms with Crippen LogP contribution in [0.3, 0.4) is 0 Å². The Morgan fingerprint density at radius 1 is 1.36 bits per heavy atom. The molecule has 0 aromatic heterocycles. The zero-order chi connectivity index (χ0) is 8.10. The van der Waals surface area contributed by atoms with Gasteiger partial charge in [0, 0.05) is 0 Å². The monoisotopic (exact) mass is 166 g/mol. The molecule has 0 aliphatic rings. The fraction of sp³-hybridized carbons (Fsp3) is 0.111. The third kappa shape index (κ3) is 2.31. The highest BCUT2D eigenvalue weighted by atomic mass is 28.3. The highest BCUT2D eigenvalue weighted by Gasteiger charge is 2.08. The molecule has 11 heavy (non-hydrogen) atoms. The van der Waals surface area contributed by atoms with Gasteiger partial charge in [-0.15, -0.1) is 6.58 Å². The van der Waals surface area contributed by atoms with Crippen LogP contribution in [0.2, 0.25) is 6.04 Å². The molecule has 0 N–H and O–H groups in total. The lowest BCUT2D eigenvalue weighted by molar-refractivity contribution is 0.847. The summed E-state index contributed by atoms with van der Waals surface area (Å²) in [5, 5.41) is 0.868. The molecule has 0 radical (unpaired) electrons. The lowest BCUT2D eigenvalue weighted by atomic mass is 10.4. The maximum Gasteiger partial charge on any atom is 0.266 e. The molecule has 1 aromatic carbocycles. The van der Waals surface area contributed by atoms with Crippen LogP contribution in [0.15, 0.2) is 43.0 Å². The Kier molecular flexibility index (Phi) is 3.05. The average molecular weight is 166 g/mol. The van der Waals surface area contributed by atoms with Gasteiger partial charge in [0.15, 0.2) is 0 Å². The molecular formula is C9H11FSi. The molecule has 1 rings (SSSR count). The van der Waals surface area contributed by atoms with E-state index in [0.717, 1.165) is 5.19 Å². The van der Waals surface area contributed by atoms with Crippen molar-refractivity contribution in [3.05, 3.63) is 43.0 Å². The van der Waals surface area contributed by atoms with Gasteiger partial charge in [-0.2, -0.15) is 0 Å². The highest BCUT2D eigenvalue weighted by molar-refractivity contribution is 6.67. The van der Waals surface area contributed by atoms with Crippen molar-refractivity contribution in [2.45, 2.75) is 6.04 Å². The van der Waals surface area contributed by atoms with Crippen LogP contribution in [-0.4, -0.2) is 9.13 Å². The van der Waals surface area contributed by atoms with Crippen molar-refractivity contribution in [1.82, 2.24) is 0 Å². The second kappa shape index (κ2) is 4.08. The number of allylic oxidation sites excluding steroid dienone is 1. The standard InChI is InChI=1S/C9H11FSi/c1-2-8-11(10)9-6-4-3-5-7-9/h2-7,11H,1,8H2. The molecule has 0 saturated carbocycles. The van der Waals surface area contributed by atoms with Gasteiger partial charge in [-0.25, -0.2) is 0 Å². The number of hydrogen-bond donors (Lipinski definition) is 0. The van der Waals surface area contributed by atoms with E-state index in [1.165, 1.54) is 0 Å². The number of hydrogen-bond acceptors (Lipinski definition) is 0. The van der Waals surface area contributed by atoms with Gasteiger partial charge in [-0.05, 0) is 11.2 Å². The summed E-state index contributed by atoms with van der Waals surface area (Å²) in [7, 11) is -2.18. The Morgan fingerprint density at radius 3 is 2.55 bits per heavy atom. The van der Waals surface area contributed by atoms with Crippen LogP contribution in [0.1, 0.15) is 0 Å². The fourth-order valence-corrected chi connectivity index (χ4v) is 2.15. The van der Waals surface area contributed by atoms with Crippen molar-refractivity contribution < 1.29 is 4.11 Å². The van der Waals surface area contributed by atoms with Crippen molar-refractivity contribution in [2.75, 3.05) is 0 Å². The lowest BCUT2D eigenvalue weighted by Crippen LogP contribution is -2.23. The summed E-state index contributed by atoms with van der Waals surface area (Å²) >= 11 is 0. The van der Waals surface area contributed by atoms with E-state index in [1.54, 1.807) is 6.08 Å². The summed E-state index contributed by atoms with van der Waals surface area (Å²) in [6, 6.07) is 9.87. The van der Waals surface area contributed by atoms with Crippen molar-refractivity contribution in [2.24, 2.45) is 0 Å². The van der Waals surface area contributed by atoms with Crippen molar-refractivity contribution in [1.29, 1.82) is 0 Å². The van der Waals surface area contributed by atoms with Crippen LogP contribution in [0, 0.1) is 0 Å². The quantitative estimate of drug-likeness (QED) is 0.365. The van der Waals surface area contributed by atoms with Gasteiger partial charge in [0.1, 0.15) is 0 Å². The van der Waals surface area contributed by atoms with E-state index in [9.17, 15) is 4.11 Å². The molecule has 2 heteroatoms. The SMILES string of the molecule is C=CC[SiH](F)c1ccccc1. The van der Waals surface area contributed by atoms with Gasteiger partial charge in [0.25, 0.3) is 9.13 Å². The first-order valence-electron chi connectivity index (χ1n) is 3.64. The van der Waals surface area contributed by atoms with Gasteiger partial charge >= 0.3 is 0 Å². The van der Waals surface area contributed by atoms with Crippen molar-refractivity contribution >= 4 is 14.3 Å². The zero-order valence-corrected chi connectivity index (χ0v) is 7.49. The summed E-state index contributed by atoms with van der Waals surface area (Å²) in [6.07, 6.45) is 1.66. The second-order valence-electron chi connectivity index (χ2n) is 2.40. The summed E-state index contributed by atoms with van der Waals surface area (Å²) in [6.45, 7) is 3.52. The summed E-state index contributed by atoms with van der Waals surface area (Å²) in [4.78, 5) is 0. The van der Waals surface area contributed by atoms with E-state index >= 15 is 0 Å². The summed E-state index contributed by atoms with van der Waals surface area (Å²) < 4.78 is 13.2. The molecule has 0 aliphatic carbocycles. The first-order chi connectivity index (χ1) is 5.34. The summed E-state index contributed by atoms with van der Waals surface area (Å²) in [5.74, 6) is 0. The van der Waals surface area contributed by atoms with Crippen molar-refractivity contribution in [3.63, 3.8) is 0 Å². The molecule has 58 valence electrons. The average Bonchev–Trinajstić information content (AvgIpc) is 2.07. The molecule has 0 amide bonds. The molecule has 0 heterocycles. The van der Waals surface area contributed by atoms with Gasteiger partial charge in [0.05, 0.1) is 0 Å². The molecule has 0 saturated heterocycles. The Morgan fingerprint density at radius 2 is 2.00 bits per heavy atom. The van der Waals surface area contributed by atoms with Crippen molar-refractivity contribution in [3.8, 4) is 0 Å². The molecule has 1 unspecified atom stereocenters. The first-order valence-corrected chi connectivity index (χ1v) is 5.47. The normalized spacial score (nSPS) is 12.5. The minimum atomic E-state index is -2.18. The Bertz CT molecular complexity index is 220. The van der Waals surface area contributed by atoms with Gasteiger partial charge in [-0.1, -0.05) is 36.4 Å². The second-order valence-corrected chi connectivity index (χ2v) is 4.48. The van der Waals surface area contributed by atoms with E-state index in [4.69, 9.17) is 0 Å². The van der Waals surface area contributed by atoms with E-state index in [2.05, 4.69) is 6.58 Å². The molecule has 0 fully saturated rings. The molecule has 0 spiro atoms. The number of benzene rings is 1. The van der Waals surface area contributed by atoms with Crippen LogP contribution < -0.4 is 5.19 Å². The number of halogens is 1. The van der Waals surface area contributed by atoms with E-state index in [-0.39, 0.29) is 0 Å². The van der Waals surface area contributed by atoms with Crippen LogP contribution >= 0.6 is 0 Å². The van der Waals surface area contributed by atoms with Gasteiger partial charge in [0.2, 0.25) is 0 Å². The number of rotatable bonds is 3. The van der Waals surface area contributed by atoms with Crippen LogP contribution in [0.25, 0.3) is 0 Å². The Hall–Kier alpha value is -0.893. The maximum absolute atomic E-state index is 13.2. The van der Waals surface area contributed by atoms with Crippen LogP contribution in [-0.2, 0) is 0 Å². The topological polar surface area (TPSA) is 0 Å². The molecule has 0 bridgehead atoms. The highest BCUT2D eigenvalue weighted by Crippen LogP contribution is 1.96. The van der Waals surface area contributed by atoms with E-state index in [0.29, 0.717) is 6.04 Å². The molecule has 0 aliphatic heterocycles. The van der Waals surface area contributed by atoms with Crippen LogP contribution in [0.5, 0.6) is 0 Å². The summed E-state index contributed by atoms with van der Waals surface area (Å²) in [5.41, 5.74) is 0. The predicted octanol–water partition coefficient (Wildman–Crippen LogP) is 1.77. The predicted molar refractivity (Wildman–Crippen MR) is 49.3 cm³/mol. The molecule has 1 aromatic rings. The fourth-order valence-electron chi connectivity index (χ4n) is 0.944. The van der Waals surface area contributed by atoms with Crippen LogP contribution in [0.4, 0.5) is 4.11 Å². The van der Waals surface area contributed by atoms with Gasteiger partial charge < -0.3 is 4.11 Å². The minimum Gasteiger partial charge on any atom is -0.312 e. The largest absolute Gasteiger partial charge is 0.312 e. The zero-order valence-electron chi connectivity index (χ0n) is 6.33. The van der Waals surface area contributed by atoms with E-state index < -0.39 is 9.13 Å². The Labute approximate surface area is 68.2 Å². The van der Waals surface area contributed by atoms with Gasteiger partial charge in [-0.3, -0.25) is 0 Å². The first kappa shape index (κ1) is 8.21. The third-order valence-corrected chi connectivity index (χ3v) is 3.39. The molecular weight excluding hydrogens is 155 g/mol. The minimum absolute atomic E-state index is 0.532. The third-order valence-electron chi connectivity index (χ3n) is 1.53. The lowest BCUT2D eigenvalue weighted by Gasteiger charge is -2.01. The molecule has 1 atom stereocenters. The molecule has 0 nitrogen and oxygen atoms in total. The maximum atomic E-state index is 13.2. The smallest absolute Gasteiger partial charge is 0.266 e. The Balaban J connectivity index is 2.68. The van der Waals surface area contributed by atoms with E-state index in [1.807, 2.05) is 30.3 Å².